The largest absolute Gasteiger partial charge is 0.372 e. The van der Waals surface area contributed by atoms with E-state index in [4.69, 9.17) is 4.74 Å². The van der Waals surface area contributed by atoms with Gasteiger partial charge in [-0.3, -0.25) is 0 Å². The number of hydrogen-bond donors (Lipinski definition) is 0. The maximum absolute atomic E-state index is 5.73. The second-order valence-corrected chi connectivity index (χ2v) is 3.66. The molecule has 0 amide bonds. The van der Waals surface area contributed by atoms with Crippen LogP contribution in [0.3, 0.4) is 0 Å². The van der Waals surface area contributed by atoms with Gasteiger partial charge in [-0.25, -0.2) is 0 Å². The van der Waals surface area contributed by atoms with Crippen LogP contribution in [0.25, 0.3) is 0 Å². The van der Waals surface area contributed by atoms with Crippen molar-refractivity contribution in [2.24, 2.45) is 0 Å². The first-order chi connectivity index (χ1) is 4.81. The molecule has 2 aliphatic heterocycles. The van der Waals surface area contributed by atoms with Crippen molar-refractivity contribution in [1.82, 2.24) is 4.90 Å². The minimum atomic E-state index is 0.299. The maximum Gasteiger partial charge on any atom is 0.0934 e. The Labute approximate surface area is 62.2 Å². The van der Waals surface area contributed by atoms with Gasteiger partial charge in [0.1, 0.15) is 0 Å². The van der Waals surface area contributed by atoms with Crippen molar-refractivity contribution in [2.75, 3.05) is 26.7 Å². The summed E-state index contributed by atoms with van der Waals surface area (Å²) in [5.41, 5.74) is 0.299. The summed E-state index contributed by atoms with van der Waals surface area (Å²) in [5, 5.41) is 0. The highest BCUT2D eigenvalue weighted by Crippen LogP contribution is 2.32. The van der Waals surface area contributed by atoms with E-state index >= 15 is 0 Å². The molecular weight excluding hydrogens is 126 g/mol. The van der Waals surface area contributed by atoms with E-state index in [0.29, 0.717) is 5.60 Å². The molecule has 0 unspecified atom stereocenters. The Kier molecular flexibility index (Phi) is 1.46. The lowest BCUT2D eigenvalue weighted by Crippen LogP contribution is -2.62. The Morgan fingerprint density at radius 3 is 2.60 bits per heavy atom. The van der Waals surface area contributed by atoms with Crippen LogP contribution in [0.5, 0.6) is 0 Å². The van der Waals surface area contributed by atoms with Crippen LogP contribution in [0.15, 0.2) is 0 Å². The zero-order valence-electron chi connectivity index (χ0n) is 6.60. The Morgan fingerprint density at radius 2 is 2.10 bits per heavy atom. The molecule has 0 aromatic rings. The summed E-state index contributed by atoms with van der Waals surface area (Å²) in [6.07, 6.45) is 3.93. The number of rotatable bonds is 0. The third-order valence-electron chi connectivity index (χ3n) is 2.55. The van der Waals surface area contributed by atoms with Crippen LogP contribution >= 0.6 is 0 Å². The molecule has 2 heterocycles. The van der Waals surface area contributed by atoms with Gasteiger partial charge in [-0.2, -0.15) is 0 Å². The molecule has 0 saturated carbocycles. The van der Waals surface area contributed by atoms with Gasteiger partial charge in [0, 0.05) is 19.7 Å². The van der Waals surface area contributed by atoms with Gasteiger partial charge in [-0.1, -0.05) is 0 Å². The molecule has 0 bridgehead atoms. The molecule has 0 aliphatic carbocycles. The fourth-order valence-corrected chi connectivity index (χ4v) is 2.10. The first-order valence-electron chi connectivity index (χ1n) is 4.13. The van der Waals surface area contributed by atoms with Gasteiger partial charge in [0.05, 0.1) is 5.60 Å². The highest BCUT2D eigenvalue weighted by Gasteiger charge is 2.42. The number of likely N-dealkylation sites (tertiary alicyclic amines) is 1. The predicted molar refractivity (Wildman–Crippen MR) is 40.0 cm³/mol. The smallest absolute Gasteiger partial charge is 0.0934 e. The fourth-order valence-electron chi connectivity index (χ4n) is 2.10. The van der Waals surface area contributed by atoms with Crippen molar-refractivity contribution < 1.29 is 4.74 Å². The summed E-state index contributed by atoms with van der Waals surface area (Å²) < 4.78 is 5.73. The quantitative estimate of drug-likeness (QED) is 0.496. The van der Waals surface area contributed by atoms with Gasteiger partial charge in [0.15, 0.2) is 0 Å². The van der Waals surface area contributed by atoms with E-state index in [1.165, 1.54) is 19.3 Å². The predicted octanol–water partition coefficient (Wildman–Crippen LogP) is 0.871. The van der Waals surface area contributed by atoms with Crippen LogP contribution in [0.1, 0.15) is 19.3 Å². The van der Waals surface area contributed by atoms with E-state index in [9.17, 15) is 0 Å². The fraction of sp³-hybridized carbons (Fsp3) is 1.00. The summed E-state index contributed by atoms with van der Waals surface area (Å²) in [4.78, 5) is 2.32. The third-order valence-corrected chi connectivity index (χ3v) is 2.55. The highest BCUT2D eigenvalue weighted by atomic mass is 16.5. The van der Waals surface area contributed by atoms with E-state index in [1.54, 1.807) is 0 Å². The van der Waals surface area contributed by atoms with Gasteiger partial charge >= 0.3 is 0 Å². The van der Waals surface area contributed by atoms with Crippen LogP contribution < -0.4 is 0 Å². The number of likely N-dealkylation sites (N-methyl/N-ethyl adjacent to an activating group) is 1. The lowest BCUT2D eigenvalue weighted by molar-refractivity contribution is -0.158. The van der Waals surface area contributed by atoms with E-state index < -0.39 is 0 Å². The molecule has 0 aromatic carbocycles. The minimum Gasteiger partial charge on any atom is -0.372 e. The van der Waals surface area contributed by atoms with E-state index in [0.717, 1.165) is 19.7 Å². The highest BCUT2D eigenvalue weighted by molar-refractivity contribution is 4.96. The van der Waals surface area contributed by atoms with Gasteiger partial charge in [0.25, 0.3) is 0 Å². The molecular formula is C8H15NO. The monoisotopic (exact) mass is 141 g/mol. The van der Waals surface area contributed by atoms with E-state index in [1.807, 2.05) is 0 Å². The zero-order chi connectivity index (χ0) is 7.03. The second-order valence-electron chi connectivity index (χ2n) is 3.66. The molecule has 2 heteroatoms. The van der Waals surface area contributed by atoms with Gasteiger partial charge in [-0.15, -0.1) is 0 Å². The van der Waals surface area contributed by atoms with Gasteiger partial charge < -0.3 is 9.64 Å². The van der Waals surface area contributed by atoms with Crippen molar-refractivity contribution in [2.45, 2.75) is 24.9 Å². The number of nitrogens with zero attached hydrogens (tertiary/aromatic N) is 1. The summed E-state index contributed by atoms with van der Waals surface area (Å²) in [7, 11) is 2.16. The zero-order valence-corrected chi connectivity index (χ0v) is 6.60. The standard InChI is InChI=1S/C8H15NO/c1-9-6-8(7-9)4-2-3-5-10-8/h2-7H2,1H3. The molecule has 0 aromatic heterocycles. The normalized spacial score (nSPS) is 32.1. The Balaban J connectivity index is 1.90. The lowest BCUT2D eigenvalue weighted by atomic mass is 9.87. The number of ether oxygens (including phenoxy) is 1. The Hall–Kier alpha value is -0.0800. The number of hydrogen-bond acceptors (Lipinski definition) is 2. The minimum absolute atomic E-state index is 0.299. The summed E-state index contributed by atoms with van der Waals surface area (Å²) in [6, 6.07) is 0. The van der Waals surface area contributed by atoms with Crippen LogP contribution in [-0.4, -0.2) is 37.2 Å². The van der Waals surface area contributed by atoms with Gasteiger partial charge in [-0.05, 0) is 26.3 Å². The first-order valence-corrected chi connectivity index (χ1v) is 4.13. The molecule has 2 nitrogen and oxygen atoms in total. The average molecular weight is 141 g/mol. The molecule has 1 spiro atoms. The van der Waals surface area contributed by atoms with Crippen LogP contribution in [0.4, 0.5) is 0 Å². The third kappa shape index (κ3) is 0.956. The molecule has 0 atom stereocenters. The molecule has 2 rings (SSSR count). The van der Waals surface area contributed by atoms with Crippen molar-refractivity contribution in [1.29, 1.82) is 0 Å². The van der Waals surface area contributed by atoms with Crippen molar-refractivity contribution in [3.05, 3.63) is 0 Å². The van der Waals surface area contributed by atoms with E-state index in [-0.39, 0.29) is 0 Å². The molecule has 0 N–H and O–H groups in total. The summed E-state index contributed by atoms with van der Waals surface area (Å²) in [6.45, 7) is 3.31. The molecule has 2 saturated heterocycles. The summed E-state index contributed by atoms with van der Waals surface area (Å²) >= 11 is 0. The Bertz CT molecular complexity index is 114. The second kappa shape index (κ2) is 2.21. The van der Waals surface area contributed by atoms with Crippen molar-refractivity contribution in [3.8, 4) is 0 Å². The molecule has 2 fully saturated rings. The molecule has 2 aliphatic rings. The van der Waals surface area contributed by atoms with Crippen molar-refractivity contribution >= 4 is 0 Å². The topological polar surface area (TPSA) is 12.5 Å². The van der Waals surface area contributed by atoms with Crippen molar-refractivity contribution in [3.63, 3.8) is 0 Å². The average Bonchev–Trinajstić information content (AvgIpc) is 1.87. The molecule has 10 heavy (non-hydrogen) atoms. The first kappa shape index (κ1) is 6.62. The van der Waals surface area contributed by atoms with E-state index in [2.05, 4.69) is 11.9 Å². The maximum atomic E-state index is 5.73. The van der Waals surface area contributed by atoms with Gasteiger partial charge in [0.2, 0.25) is 0 Å². The van der Waals surface area contributed by atoms with Crippen LogP contribution in [0, 0.1) is 0 Å². The lowest BCUT2D eigenvalue weighted by Gasteiger charge is -2.50. The SMILES string of the molecule is CN1CC2(CCCCO2)C1. The molecule has 58 valence electrons. The Morgan fingerprint density at radius 1 is 1.30 bits per heavy atom. The summed E-state index contributed by atoms with van der Waals surface area (Å²) in [5.74, 6) is 0. The van der Waals surface area contributed by atoms with Crippen LogP contribution in [-0.2, 0) is 4.74 Å². The van der Waals surface area contributed by atoms with Crippen LogP contribution in [0.2, 0.25) is 0 Å². The molecule has 0 radical (unpaired) electrons.